The molecular weight excluding hydrogens is 396 g/mol. The van der Waals surface area contributed by atoms with Crippen molar-refractivity contribution in [3.05, 3.63) is 0 Å². The average molecular weight is 445 g/mol. The summed E-state index contributed by atoms with van der Waals surface area (Å²) in [5.74, 6) is -2.50. The van der Waals surface area contributed by atoms with Gasteiger partial charge in [0.15, 0.2) is 5.92 Å². The van der Waals surface area contributed by atoms with Gasteiger partial charge in [-0.15, -0.1) is 0 Å². The molecule has 0 aliphatic carbocycles. The van der Waals surface area contributed by atoms with Crippen LogP contribution in [-0.2, 0) is 28.6 Å². The fraction of sp³-hybridized carbons (Fsp3) is 0.880. The average Bonchev–Trinajstić information content (AvgIpc) is 2.77. The smallest absolute Gasteiger partial charge is 0.320 e. The minimum atomic E-state index is -1.03. The molecule has 0 fully saturated rings. The number of hydrogen-bond donors (Lipinski definition) is 0. The van der Waals surface area contributed by atoms with Gasteiger partial charge in [0.1, 0.15) is 0 Å². The Morgan fingerprint density at radius 3 is 1.52 bits per heavy atom. The zero-order chi connectivity index (χ0) is 23.7. The fourth-order valence-electron chi connectivity index (χ4n) is 2.76. The third kappa shape index (κ3) is 20.1. The molecule has 184 valence electrons. The molecule has 0 saturated heterocycles. The molecule has 0 aliphatic heterocycles. The minimum Gasteiger partial charge on any atom is -0.466 e. The van der Waals surface area contributed by atoms with E-state index in [9.17, 15) is 14.4 Å². The lowest BCUT2D eigenvalue weighted by atomic mass is 10.1. The Labute approximate surface area is 190 Å². The number of ether oxygens (including phenoxy) is 3. The monoisotopic (exact) mass is 444 g/mol. The third-order valence-electron chi connectivity index (χ3n) is 4.71. The van der Waals surface area contributed by atoms with Crippen LogP contribution in [0, 0.1) is 5.92 Å². The van der Waals surface area contributed by atoms with E-state index in [0.29, 0.717) is 6.42 Å². The Bertz CT molecular complexity index is 414. The molecule has 0 amide bonds. The Morgan fingerprint density at radius 2 is 1.03 bits per heavy atom. The predicted octanol–water partition coefficient (Wildman–Crippen LogP) is 6.39. The summed E-state index contributed by atoms with van der Waals surface area (Å²) in [5.41, 5.74) is 0. The lowest BCUT2D eigenvalue weighted by molar-refractivity contribution is -0.164. The summed E-state index contributed by atoms with van der Waals surface area (Å²) in [6.07, 6.45) is 11.7. The molecule has 0 aromatic carbocycles. The van der Waals surface area contributed by atoms with Crippen LogP contribution in [0.2, 0.25) is 0 Å². The summed E-state index contributed by atoms with van der Waals surface area (Å²) in [6.45, 7) is 10.8. The van der Waals surface area contributed by atoms with Crippen LogP contribution in [0.1, 0.15) is 118 Å². The molecule has 0 unspecified atom stereocenters. The van der Waals surface area contributed by atoms with Crippen LogP contribution in [0.25, 0.3) is 0 Å². The zero-order valence-electron chi connectivity index (χ0n) is 20.8. The normalized spacial score (nSPS) is 10.3. The summed E-state index contributed by atoms with van der Waals surface area (Å²) in [5, 5.41) is 0. The van der Waals surface area contributed by atoms with Crippen molar-refractivity contribution >= 4 is 17.9 Å². The second-order valence-electron chi connectivity index (χ2n) is 7.48. The van der Waals surface area contributed by atoms with E-state index in [1.165, 1.54) is 25.7 Å². The van der Waals surface area contributed by atoms with Crippen molar-refractivity contribution in [1.29, 1.82) is 0 Å². The highest BCUT2D eigenvalue weighted by molar-refractivity contribution is 5.94. The number of hydrogen-bond acceptors (Lipinski definition) is 6. The molecule has 0 heterocycles. The SMILES string of the molecule is CC.CCCCCCCCCC(=O)OCCC(C(=O)OCCCC)C(=O)OCCCC. The third-order valence-corrected chi connectivity index (χ3v) is 4.71. The number of esters is 3. The zero-order valence-corrected chi connectivity index (χ0v) is 20.8. The van der Waals surface area contributed by atoms with Gasteiger partial charge in [0.25, 0.3) is 0 Å². The molecule has 0 aliphatic rings. The van der Waals surface area contributed by atoms with E-state index in [1.807, 2.05) is 27.7 Å². The summed E-state index contributed by atoms with van der Waals surface area (Å²) in [7, 11) is 0. The van der Waals surface area contributed by atoms with Crippen molar-refractivity contribution in [2.45, 2.75) is 118 Å². The molecule has 0 spiro atoms. The maximum absolute atomic E-state index is 12.2. The largest absolute Gasteiger partial charge is 0.466 e. The first kappa shape index (κ1) is 31.6. The van der Waals surface area contributed by atoms with Gasteiger partial charge in [0.2, 0.25) is 0 Å². The highest BCUT2D eigenvalue weighted by Gasteiger charge is 2.30. The lowest BCUT2D eigenvalue weighted by Crippen LogP contribution is -2.30. The van der Waals surface area contributed by atoms with E-state index in [1.54, 1.807) is 0 Å². The molecule has 0 N–H and O–H groups in total. The highest BCUT2D eigenvalue weighted by atomic mass is 16.6. The van der Waals surface area contributed by atoms with Crippen LogP contribution in [0.4, 0.5) is 0 Å². The summed E-state index contributed by atoms with van der Waals surface area (Å²) in [4.78, 5) is 36.3. The molecule has 0 aromatic rings. The summed E-state index contributed by atoms with van der Waals surface area (Å²) < 4.78 is 15.6. The summed E-state index contributed by atoms with van der Waals surface area (Å²) in [6, 6.07) is 0. The van der Waals surface area contributed by atoms with Crippen molar-refractivity contribution in [2.75, 3.05) is 19.8 Å². The van der Waals surface area contributed by atoms with Crippen LogP contribution in [0.15, 0.2) is 0 Å². The maximum atomic E-state index is 12.2. The molecule has 6 heteroatoms. The molecule has 0 aromatic heterocycles. The van der Waals surface area contributed by atoms with E-state index in [2.05, 4.69) is 6.92 Å². The van der Waals surface area contributed by atoms with Gasteiger partial charge >= 0.3 is 17.9 Å². The van der Waals surface area contributed by atoms with Gasteiger partial charge in [-0.25, -0.2) is 0 Å². The Morgan fingerprint density at radius 1 is 0.581 bits per heavy atom. The van der Waals surface area contributed by atoms with E-state index >= 15 is 0 Å². The predicted molar refractivity (Wildman–Crippen MR) is 125 cm³/mol. The molecule has 0 bridgehead atoms. The first-order valence-electron chi connectivity index (χ1n) is 12.6. The highest BCUT2D eigenvalue weighted by Crippen LogP contribution is 2.12. The number of rotatable bonds is 19. The molecule has 0 rings (SSSR count). The number of unbranched alkanes of at least 4 members (excludes halogenated alkanes) is 8. The first-order valence-corrected chi connectivity index (χ1v) is 12.6. The fourth-order valence-corrected chi connectivity index (χ4v) is 2.76. The van der Waals surface area contributed by atoms with Gasteiger partial charge in [-0.2, -0.15) is 0 Å². The molecule has 0 radical (unpaired) electrons. The standard InChI is InChI=1S/C23H42O6.C2H6/c1-4-7-10-11-12-13-14-15-21(24)27-19-16-20(22(25)28-17-8-5-2)23(26)29-18-9-6-3;1-2/h20H,4-19H2,1-3H3;1-2H3. The van der Waals surface area contributed by atoms with Crippen LogP contribution >= 0.6 is 0 Å². The molecular formula is C25H48O6. The number of carbonyl (C=O) groups is 3. The molecule has 0 atom stereocenters. The van der Waals surface area contributed by atoms with Crippen molar-refractivity contribution in [2.24, 2.45) is 5.92 Å². The molecule has 6 nitrogen and oxygen atoms in total. The van der Waals surface area contributed by atoms with Crippen molar-refractivity contribution < 1.29 is 28.6 Å². The molecule has 31 heavy (non-hydrogen) atoms. The van der Waals surface area contributed by atoms with E-state index in [-0.39, 0.29) is 32.2 Å². The Kier molecular flexibility index (Phi) is 25.2. The van der Waals surface area contributed by atoms with E-state index in [4.69, 9.17) is 14.2 Å². The van der Waals surface area contributed by atoms with Crippen molar-refractivity contribution in [3.63, 3.8) is 0 Å². The van der Waals surface area contributed by atoms with Crippen molar-refractivity contribution in [1.82, 2.24) is 0 Å². The van der Waals surface area contributed by atoms with Gasteiger partial charge in [-0.3, -0.25) is 14.4 Å². The molecule has 0 saturated carbocycles. The van der Waals surface area contributed by atoms with Crippen LogP contribution in [0.3, 0.4) is 0 Å². The van der Waals surface area contributed by atoms with E-state index < -0.39 is 17.9 Å². The summed E-state index contributed by atoms with van der Waals surface area (Å²) >= 11 is 0. The van der Waals surface area contributed by atoms with Gasteiger partial charge < -0.3 is 14.2 Å². The van der Waals surface area contributed by atoms with Crippen LogP contribution < -0.4 is 0 Å². The van der Waals surface area contributed by atoms with Gasteiger partial charge in [0.05, 0.1) is 19.8 Å². The second-order valence-corrected chi connectivity index (χ2v) is 7.48. The maximum Gasteiger partial charge on any atom is 0.320 e. The lowest BCUT2D eigenvalue weighted by Gasteiger charge is -2.15. The quantitative estimate of drug-likeness (QED) is 0.0994. The van der Waals surface area contributed by atoms with Crippen molar-refractivity contribution in [3.8, 4) is 0 Å². The minimum absolute atomic E-state index is 0.0196. The first-order chi connectivity index (χ1) is 15.1. The topological polar surface area (TPSA) is 78.9 Å². The number of carbonyl (C=O) groups excluding carboxylic acids is 3. The van der Waals surface area contributed by atoms with Crippen LogP contribution in [-0.4, -0.2) is 37.7 Å². The Balaban J connectivity index is 0. The van der Waals surface area contributed by atoms with Crippen LogP contribution in [0.5, 0.6) is 0 Å². The second kappa shape index (κ2) is 24.7. The van der Waals surface area contributed by atoms with E-state index in [0.717, 1.165) is 44.9 Å². The Hall–Kier alpha value is -1.59. The van der Waals surface area contributed by atoms with Gasteiger partial charge in [-0.05, 0) is 19.3 Å². The van der Waals surface area contributed by atoms with Gasteiger partial charge in [0, 0.05) is 12.8 Å². The van der Waals surface area contributed by atoms with Gasteiger partial charge in [-0.1, -0.05) is 86.0 Å².